The van der Waals surface area contributed by atoms with Crippen LogP contribution in [-0.2, 0) is 23.1 Å². The van der Waals surface area contributed by atoms with E-state index in [1.165, 1.54) is 0 Å². The molecule has 0 radical (unpaired) electrons. The van der Waals surface area contributed by atoms with Crippen molar-refractivity contribution in [1.82, 2.24) is 19.7 Å². The molecule has 0 unspecified atom stereocenters. The molecule has 1 saturated heterocycles. The Balaban J connectivity index is 1.76. The number of halogens is 3. The molecule has 2 aromatic heterocycles. The van der Waals surface area contributed by atoms with Gasteiger partial charge in [0, 0.05) is 49.4 Å². The van der Waals surface area contributed by atoms with Crippen LogP contribution in [0.25, 0.3) is 22.0 Å². The highest BCUT2D eigenvalue weighted by Crippen LogP contribution is 2.33. The van der Waals surface area contributed by atoms with Gasteiger partial charge in [0.05, 0.1) is 18.3 Å². The highest BCUT2D eigenvalue weighted by molar-refractivity contribution is 5.96. The number of aryl methyl sites for hydroxylation is 1. The lowest BCUT2D eigenvalue weighted by Crippen LogP contribution is -2.48. The molecule has 10 heteroatoms. The minimum atomic E-state index is -4.40. The Labute approximate surface area is 170 Å². The van der Waals surface area contributed by atoms with E-state index in [4.69, 9.17) is 4.74 Å². The fourth-order valence-electron chi connectivity index (χ4n) is 3.66. The molecule has 7 nitrogen and oxygen atoms in total. The van der Waals surface area contributed by atoms with Crippen molar-refractivity contribution in [3.8, 4) is 11.1 Å². The molecule has 4 rings (SSSR count). The lowest BCUT2D eigenvalue weighted by molar-refractivity contribution is -0.237. The van der Waals surface area contributed by atoms with Gasteiger partial charge in [0.15, 0.2) is 6.10 Å². The average molecular weight is 419 g/mol. The van der Waals surface area contributed by atoms with Crippen LogP contribution in [0.2, 0.25) is 0 Å². The topological polar surface area (TPSA) is 72.3 Å². The summed E-state index contributed by atoms with van der Waals surface area (Å²) in [5.74, 6) is 0.392. The van der Waals surface area contributed by atoms with Gasteiger partial charge in [0.1, 0.15) is 5.82 Å². The van der Waals surface area contributed by atoms with Crippen LogP contribution in [0, 0.1) is 0 Å². The maximum absolute atomic E-state index is 13.1. The van der Waals surface area contributed by atoms with Gasteiger partial charge in [0.25, 0.3) is 0 Å². The van der Waals surface area contributed by atoms with Gasteiger partial charge in [-0.05, 0) is 17.7 Å². The largest absolute Gasteiger partial charge is 0.415 e. The Kier molecular flexibility index (Phi) is 5.44. The number of alkyl halides is 3. The first-order chi connectivity index (χ1) is 14.3. The zero-order valence-corrected chi connectivity index (χ0v) is 16.2. The second-order valence-corrected chi connectivity index (χ2v) is 7.17. The molecule has 30 heavy (non-hydrogen) atoms. The molecule has 3 heterocycles. The average Bonchev–Trinajstić information content (AvgIpc) is 3.13. The van der Waals surface area contributed by atoms with Crippen molar-refractivity contribution in [1.29, 1.82) is 0 Å². The number of carbonyl (C=O) groups is 1. The molecule has 0 saturated carbocycles. The van der Waals surface area contributed by atoms with Crippen molar-refractivity contribution < 1.29 is 22.7 Å². The summed E-state index contributed by atoms with van der Waals surface area (Å²) in [6.45, 7) is 0.500. The van der Waals surface area contributed by atoms with Gasteiger partial charge in [-0.3, -0.25) is 14.4 Å². The van der Waals surface area contributed by atoms with Crippen molar-refractivity contribution in [2.75, 3.05) is 25.0 Å². The summed E-state index contributed by atoms with van der Waals surface area (Å²) in [5, 5.41) is 7.62. The number of nitrogens with zero attached hydrogens (tertiary/aromatic N) is 4. The summed E-state index contributed by atoms with van der Waals surface area (Å²) < 4.78 is 45.9. The van der Waals surface area contributed by atoms with E-state index in [-0.39, 0.29) is 13.2 Å². The summed E-state index contributed by atoms with van der Waals surface area (Å²) >= 11 is 0. The highest BCUT2D eigenvalue weighted by Gasteiger charge is 2.43. The predicted octanol–water partition coefficient (Wildman–Crippen LogP) is 2.97. The van der Waals surface area contributed by atoms with Gasteiger partial charge in [-0.25, -0.2) is 4.98 Å². The van der Waals surface area contributed by atoms with Gasteiger partial charge in [-0.15, -0.1) is 0 Å². The lowest BCUT2D eigenvalue weighted by atomic mass is 9.97. The number of fused-ring (bicyclic) bond motifs is 1. The zero-order chi connectivity index (χ0) is 21.3. The Morgan fingerprint density at radius 3 is 2.80 bits per heavy atom. The first kappa shape index (κ1) is 20.3. The summed E-state index contributed by atoms with van der Waals surface area (Å²) in [5.41, 5.74) is 3.06. The van der Waals surface area contributed by atoms with Crippen LogP contribution in [0.4, 0.5) is 19.0 Å². The van der Waals surface area contributed by atoms with E-state index in [0.29, 0.717) is 30.8 Å². The molecular weight excluding hydrogens is 399 g/mol. The van der Waals surface area contributed by atoms with Crippen molar-refractivity contribution in [2.45, 2.75) is 18.8 Å². The van der Waals surface area contributed by atoms with E-state index in [2.05, 4.69) is 15.4 Å². The molecule has 1 aliphatic heterocycles. The smallest absolute Gasteiger partial charge is 0.366 e. The number of carbonyl (C=O) groups excluding carboxylic acids is 1. The van der Waals surface area contributed by atoms with E-state index in [1.807, 2.05) is 24.4 Å². The third-order valence-electron chi connectivity index (χ3n) is 5.06. The van der Waals surface area contributed by atoms with Crippen molar-refractivity contribution in [3.05, 3.63) is 42.2 Å². The summed E-state index contributed by atoms with van der Waals surface area (Å²) in [6, 6.07) is 7.31. The highest BCUT2D eigenvalue weighted by atomic mass is 19.4. The Morgan fingerprint density at radius 1 is 1.30 bits per heavy atom. The summed E-state index contributed by atoms with van der Waals surface area (Å²) in [7, 11) is 1.79. The molecule has 0 aliphatic carbocycles. The predicted molar refractivity (Wildman–Crippen MR) is 105 cm³/mol. The van der Waals surface area contributed by atoms with Crippen LogP contribution in [0.15, 0.2) is 36.7 Å². The number of morpholine rings is 1. The van der Waals surface area contributed by atoms with E-state index >= 15 is 0 Å². The normalized spacial score (nSPS) is 17.9. The van der Waals surface area contributed by atoms with E-state index < -0.39 is 12.3 Å². The van der Waals surface area contributed by atoms with Gasteiger partial charge in [-0.1, -0.05) is 12.1 Å². The zero-order valence-electron chi connectivity index (χ0n) is 16.2. The third-order valence-corrected chi connectivity index (χ3v) is 5.06. The molecule has 1 atom stereocenters. The van der Waals surface area contributed by atoms with Gasteiger partial charge in [-0.2, -0.15) is 18.3 Å². The van der Waals surface area contributed by atoms with Crippen molar-refractivity contribution in [3.63, 3.8) is 0 Å². The number of amides is 1. The number of hydrogen-bond acceptors (Lipinski definition) is 5. The fraction of sp³-hybridized carbons (Fsp3) is 0.350. The van der Waals surface area contributed by atoms with Crippen LogP contribution in [0.5, 0.6) is 0 Å². The second kappa shape index (κ2) is 8.04. The Hall–Kier alpha value is -2.98. The Morgan fingerprint density at radius 2 is 2.10 bits per heavy atom. The number of ether oxygens (including phenoxy) is 1. The van der Waals surface area contributed by atoms with E-state index in [1.54, 1.807) is 28.9 Å². The van der Waals surface area contributed by atoms with Crippen LogP contribution >= 0.6 is 0 Å². The molecule has 1 N–H and O–H groups in total. The van der Waals surface area contributed by atoms with Crippen molar-refractivity contribution in [2.24, 2.45) is 7.05 Å². The number of rotatable bonds is 5. The number of benzene rings is 1. The van der Waals surface area contributed by atoms with Gasteiger partial charge >= 0.3 is 6.18 Å². The Bertz CT molecular complexity index is 1070. The molecule has 0 spiro atoms. The van der Waals surface area contributed by atoms with Gasteiger partial charge in [0.2, 0.25) is 6.41 Å². The number of hydrogen-bond donors (Lipinski definition) is 1. The quantitative estimate of drug-likeness (QED) is 0.644. The lowest BCUT2D eigenvalue weighted by Gasteiger charge is -2.34. The van der Waals surface area contributed by atoms with E-state index in [9.17, 15) is 18.0 Å². The van der Waals surface area contributed by atoms with E-state index in [0.717, 1.165) is 22.1 Å². The first-order valence-electron chi connectivity index (χ1n) is 9.37. The molecule has 1 amide bonds. The van der Waals surface area contributed by atoms with Crippen LogP contribution in [0.1, 0.15) is 5.56 Å². The second-order valence-electron chi connectivity index (χ2n) is 7.17. The maximum Gasteiger partial charge on any atom is 0.415 e. The van der Waals surface area contributed by atoms with Crippen LogP contribution in [-0.4, -0.2) is 58.1 Å². The maximum atomic E-state index is 13.1. The van der Waals surface area contributed by atoms with Crippen LogP contribution in [0.3, 0.4) is 0 Å². The minimum Gasteiger partial charge on any atom is -0.366 e. The molecule has 158 valence electrons. The first-order valence-corrected chi connectivity index (χ1v) is 9.37. The van der Waals surface area contributed by atoms with Crippen molar-refractivity contribution >= 4 is 23.1 Å². The number of aromatic nitrogens is 3. The molecule has 0 bridgehead atoms. The summed E-state index contributed by atoms with van der Waals surface area (Å²) in [6.07, 6.45) is -2.12. The van der Waals surface area contributed by atoms with Gasteiger partial charge < -0.3 is 10.1 Å². The SMILES string of the molecule is Cn1cc(-c2c(CN3CCO[C@@H](C(F)(F)F)C3)ccc3ccc(NC=O)nc23)cn1. The molecule has 1 aliphatic rings. The third kappa shape index (κ3) is 4.14. The minimum absolute atomic E-state index is 0.0195. The van der Waals surface area contributed by atoms with Crippen LogP contribution < -0.4 is 5.32 Å². The molecule has 1 fully saturated rings. The molecular formula is C20H20F3N5O2. The molecule has 3 aromatic rings. The number of anilines is 1. The fourth-order valence-corrected chi connectivity index (χ4v) is 3.66. The standard InChI is InChI=1S/C20H20F3N5O2/c1-27-9-15(8-25-27)18-14(10-28-6-7-30-16(11-28)20(21,22)23)3-2-13-4-5-17(24-12-29)26-19(13)18/h2-5,8-9,12,16H,6-7,10-11H2,1H3,(H,24,26,29)/t16-/m1/s1. The monoisotopic (exact) mass is 419 g/mol. The molecule has 1 aromatic carbocycles. The number of pyridine rings is 1. The number of nitrogens with one attached hydrogen (secondary N) is 1. The summed E-state index contributed by atoms with van der Waals surface area (Å²) in [4.78, 5) is 17.1.